The average molecular weight is 367 g/mol. The zero-order valence-corrected chi connectivity index (χ0v) is 15.2. The number of aromatic nitrogens is 5. The van der Waals surface area contributed by atoms with Crippen molar-refractivity contribution < 1.29 is 14.0 Å². The van der Waals surface area contributed by atoms with Gasteiger partial charge in [0.2, 0.25) is 11.7 Å². The first-order valence-electron chi connectivity index (χ1n) is 9.33. The second-order valence-corrected chi connectivity index (χ2v) is 7.08. The number of methoxy groups -OCH3 is 1. The third-order valence-corrected chi connectivity index (χ3v) is 5.44. The highest BCUT2D eigenvalue weighted by Gasteiger charge is 2.29. The Morgan fingerprint density at radius 1 is 1.15 bits per heavy atom. The molecule has 2 aromatic heterocycles. The lowest BCUT2D eigenvalue weighted by Crippen LogP contribution is -2.22. The molecule has 1 fully saturated rings. The van der Waals surface area contributed by atoms with Crippen LogP contribution < -0.4 is 4.74 Å². The van der Waals surface area contributed by atoms with Crippen LogP contribution in [0.2, 0.25) is 0 Å². The minimum absolute atomic E-state index is 0.0720. The molecule has 5 rings (SSSR count). The van der Waals surface area contributed by atoms with Crippen molar-refractivity contribution in [1.29, 1.82) is 0 Å². The van der Waals surface area contributed by atoms with Gasteiger partial charge in [-0.25, -0.2) is 4.68 Å². The molecule has 1 atom stereocenters. The second-order valence-electron chi connectivity index (χ2n) is 7.08. The molecule has 1 aromatic carbocycles. The zero-order chi connectivity index (χ0) is 18.2. The molecule has 27 heavy (non-hydrogen) atoms. The fourth-order valence-electron chi connectivity index (χ4n) is 3.88. The molecule has 0 amide bonds. The zero-order valence-electron chi connectivity index (χ0n) is 15.2. The summed E-state index contributed by atoms with van der Waals surface area (Å²) in [4.78, 5) is 4.58. The number of rotatable bonds is 4. The van der Waals surface area contributed by atoms with Crippen LogP contribution in [0.25, 0.3) is 11.5 Å². The lowest BCUT2D eigenvalue weighted by atomic mass is 10.1. The summed E-state index contributed by atoms with van der Waals surface area (Å²) >= 11 is 0. The van der Waals surface area contributed by atoms with Crippen molar-refractivity contribution in [1.82, 2.24) is 25.1 Å². The van der Waals surface area contributed by atoms with Crippen molar-refractivity contribution in [2.75, 3.05) is 7.11 Å². The SMILES string of the molecule is COc1ccc(C2Cn3nnc(-c4noc(C5CCCC5)n4)c3CO2)cc1. The van der Waals surface area contributed by atoms with E-state index in [0.29, 0.717) is 30.6 Å². The van der Waals surface area contributed by atoms with Crippen LogP contribution in [0.4, 0.5) is 0 Å². The minimum atomic E-state index is -0.0720. The second kappa shape index (κ2) is 6.77. The number of fused-ring (bicyclic) bond motifs is 1. The molecule has 8 heteroatoms. The van der Waals surface area contributed by atoms with Gasteiger partial charge < -0.3 is 14.0 Å². The molecule has 0 radical (unpaired) electrons. The summed E-state index contributed by atoms with van der Waals surface area (Å²) in [5, 5.41) is 12.7. The first-order chi connectivity index (χ1) is 13.3. The van der Waals surface area contributed by atoms with Crippen molar-refractivity contribution in [3.05, 3.63) is 41.4 Å². The number of hydrogen-bond acceptors (Lipinski definition) is 7. The molecule has 3 heterocycles. The third-order valence-electron chi connectivity index (χ3n) is 5.44. The molecule has 1 aliphatic heterocycles. The fourth-order valence-corrected chi connectivity index (χ4v) is 3.88. The van der Waals surface area contributed by atoms with Crippen LogP contribution in [-0.2, 0) is 17.9 Å². The Bertz CT molecular complexity index is 927. The highest BCUT2D eigenvalue weighted by atomic mass is 16.5. The number of hydrogen-bond donors (Lipinski definition) is 0. The van der Waals surface area contributed by atoms with Gasteiger partial charge in [-0.1, -0.05) is 35.3 Å². The number of ether oxygens (including phenoxy) is 2. The maximum Gasteiger partial charge on any atom is 0.230 e. The Balaban J connectivity index is 1.36. The van der Waals surface area contributed by atoms with Crippen molar-refractivity contribution in [2.45, 2.75) is 50.9 Å². The summed E-state index contributed by atoms with van der Waals surface area (Å²) in [6.07, 6.45) is 4.62. The van der Waals surface area contributed by atoms with E-state index in [4.69, 9.17) is 14.0 Å². The summed E-state index contributed by atoms with van der Waals surface area (Å²) < 4.78 is 18.6. The lowest BCUT2D eigenvalue weighted by molar-refractivity contribution is -0.00114. The Morgan fingerprint density at radius 3 is 2.74 bits per heavy atom. The van der Waals surface area contributed by atoms with Gasteiger partial charge in [0.05, 0.1) is 26.0 Å². The maximum absolute atomic E-state index is 6.06. The van der Waals surface area contributed by atoms with Crippen LogP contribution >= 0.6 is 0 Å². The molecule has 1 saturated carbocycles. The van der Waals surface area contributed by atoms with E-state index >= 15 is 0 Å². The van der Waals surface area contributed by atoms with Gasteiger partial charge in [-0.15, -0.1) is 5.10 Å². The van der Waals surface area contributed by atoms with Gasteiger partial charge >= 0.3 is 0 Å². The normalized spacial score (nSPS) is 20.0. The number of benzene rings is 1. The van der Waals surface area contributed by atoms with Crippen LogP contribution in [0.1, 0.15) is 54.9 Å². The first kappa shape index (κ1) is 16.4. The molecular formula is C19H21N5O3. The van der Waals surface area contributed by atoms with E-state index in [9.17, 15) is 0 Å². The molecule has 0 saturated heterocycles. The Kier molecular flexibility index (Phi) is 4.12. The van der Waals surface area contributed by atoms with Gasteiger partial charge in [-0.2, -0.15) is 4.98 Å². The standard InChI is InChI=1S/C19H21N5O3/c1-25-14-8-6-12(7-9-14)16-10-24-15(11-26-16)17(21-23-24)18-20-19(27-22-18)13-4-2-3-5-13/h6-9,13,16H,2-5,10-11H2,1H3. The van der Waals surface area contributed by atoms with E-state index in [-0.39, 0.29) is 6.10 Å². The topological polar surface area (TPSA) is 88.1 Å². The van der Waals surface area contributed by atoms with Crippen LogP contribution in [0.5, 0.6) is 5.75 Å². The van der Waals surface area contributed by atoms with Crippen LogP contribution in [0.3, 0.4) is 0 Å². The van der Waals surface area contributed by atoms with Crippen molar-refractivity contribution in [3.8, 4) is 17.3 Å². The van der Waals surface area contributed by atoms with Gasteiger partial charge in [0.15, 0.2) is 5.69 Å². The van der Waals surface area contributed by atoms with E-state index < -0.39 is 0 Å². The molecule has 1 aliphatic carbocycles. The van der Waals surface area contributed by atoms with Gasteiger partial charge in [-0.05, 0) is 30.5 Å². The van der Waals surface area contributed by atoms with Gasteiger partial charge in [0, 0.05) is 5.92 Å². The highest BCUT2D eigenvalue weighted by molar-refractivity contribution is 5.51. The van der Waals surface area contributed by atoms with Crippen molar-refractivity contribution >= 4 is 0 Å². The lowest BCUT2D eigenvalue weighted by Gasteiger charge is -2.24. The molecule has 1 unspecified atom stereocenters. The average Bonchev–Trinajstić information content (AvgIpc) is 3.46. The van der Waals surface area contributed by atoms with Gasteiger partial charge in [-0.3, -0.25) is 0 Å². The monoisotopic (exact) mass is 367 g/mol. The predicted molar refractivity (Wildman–Crippen MR) is 95.0 cm³/mol. The molecule has 0 N–H and O–H groups in total. The molecule has 3 aromatic rings. The molecule has 140 valence electrons. The Hall–Kier alpha value is -2.74. The van der Waals surface area contributed by atoms with E-state index in [1.54, 1.807) is 7.11 Å². The van der Waals surface area contributed by atoms with Crippen molar-refractivity contribution in [2.24, 2.45) is 0 Å². The first-order valence-corrected chi connectivity index (χ1v) is 9.33. The van der Waals surface area contributed by atoms with Crippen LogP contribution in [0.15, 0.2) is 28.8 Å². The quantitative estimate of drug-likeness (QED) is 0.699. The predicted octanol–water partition coefficient (Wildman–Crippen LogP) is 3.27. The molecule has 8 nitrogen and oxygen atoms in total. The Morgan fingerprint density at radius 2 is 1.96 bits per heavy atom. The van der Waals surface area contributed by atoms with Gasteiger partial charge in [0.25, 0.3) is 0 Å². The minimum Gasteiger partial charge on any atom is -0.497 e. The Labute approximate surface area is 156 Å². The summed E-state index contributed by atoms with van der Waals surface area (Å²) in [5.74, 6) is 2.43. The van der Waals surface area contributed by atoms with E-state index in [1.807, 2.05) is 28.9 Å². The summed E-state index contributed by atoms with van der Waals surface area (Å²) in [5.41, 5.74) is 2.62. The largest absolute Gasteiger partial charge is 0.497 e. The summed E-state index contributed by atoms with van der Waals surface area (Å²) in [6.45, 7) is 1.01. The molecule has 2 aliphatic rings. The maximum atomic E-state index is 6.06. The summed E-state index contributed by atoms with van der Waals surface area (Å²) in [6, 6.07) is 7.90. The van der Waals surface area contributed by atoms with Crippen molar-refractivity contribution in [3.63, 3.8) is 0 Å². The highest BCUT2D eigenvalue weighted by Crippen LogP contribution is 2.35. The van der Waals surface area contributed by atoms with E-state index in [2.05, 4.69) is 20.5 Å². The van der Waals surface area contributed by atoms with E-state index in [0.717, 1.165) is 35.7 Å². The fraction of sp³-hybridized carbons (Fsp3) is 0.474. The van der Waals surface area contributed by atoms with Crippen LogP contribution in [0, 0.1) is 0 Å². The third kappa shape index (κ3) is 2.99. The molecule has 0 spiro atoms. The van der Waals surface area contributed by atoms with E-state index in [1.165, 1.54) is 12.8 Å². The molecule has 0 bridgehead atoms. The molecular weight excluding hydrogens is 346 g/mol. The van der Waals surface area contributed by atoms with Crippen LogP contribution in [-0.4, -0.2) is 32.2 Å². The smallest absolute Gasteiger partial charge is 0.230 e. The summed E-state index contributed by atoms with van der Waals surface area (Å²) in [7, 11) is 1.66. The number of nitrogens with zero attached hydrogens (tertiary/aromatic N) is 5. The van der Waals surface area contributed by atoms with Gasteiger partial charge in [0.1, 0.15) is 11.9 Å².